The van der Waals surface area contributed by atoms with Crippen LogP contribution >= 0.6 is 11.6 Å². The number of rotatable bonds is 11. The summed E-state index contributed by atoms with van der Waals surface area (Å²) in [6.45, 7) is 8.34. The van der Waals surface area contributed by atoms with Crippen molar-refractivity contribution in [3.8, 4) is 0 Å². The van der Waals surface area contributed by atoms with E-state index in [-0.39, 0.29) is 37.7 Å². The molecule has 3 rings (SSSR count). The van der Waals surface area contributed by atoms with Crippen LogP contribution in [0.1, 0.15) is 64.5 Å². The highest BCUT2D eigenvalue weighted by molar-refractivity contribution is 6.30. The number of methoxy groups -OCH3 is 1. The van der Waals surface area contributed by atoms with E-state index in [1.165, 1.54) is 7.11 Å². The number of alkyl carbamates (subject to hydrolysis) is 2. The number of piperidine rings is 1. The minimum atomic E-state index is -0.640. The van der Waals surface area contributed by atoms with E-state index in [0.29, 0.717) is 31.1 Å². The zero-order valence-corrected chi connectivity index (χ0v) is 26.0. The average molecular weight is 612 g/mol. The third kappa shape index (κ3) is 11.9. The monoisotopic (exact) mass is 611 g/mol. The molecule has 2 fully saturated rings. The van der Waals surface area contributed by atoms with Crippen LogP contribution in [-0.4, -0.2) is 88.0 Å². The van der Waals surface area contributed by atoms with Gasteiger partial charge in [0.05, 0.1) is 25.9 Å². The Kier molecular flexibility index (Phi) is 13.5. The largest absolute Gasteiger partial charge is 0.453 e. The molecule has 12 heteroatoms. The van der Waals surface area contributed by atoms with Crippen LogP contribution in [0.15, 0.2) is 24.3 Å². The van der Waals surface area contributed by atoms with Crippen molar-refractivity contribution in [1.82, 2.24) is 15.5 Å². The quantitative estimate of drug-likeness (QED) is 0.255. The van der Waals surface area contributed by atoms with Crippen LogP contribution in [0.3, 0.4) is 0 Å². The number of halogens is 1. The minimum Gasteiger partial charge on any atom is -0.453 e. The average Bonchev–Trinajstić information content (AvgIpc) is 2.95. The van der Waals surface area contributed by atoms with Crippen molar-refractivity contribution in [3.05, 3.63) is 34.9 Å². The molecule has 2 N–H and O–H groups in total. The molecule has 2 heterocycles. The van der Waals surface area contributed by atoms with Crippen LogP contribution in [0.5, 0.6) is 0 Å². The molecule has 0 aromatic heterocycles. The summed E-state index contributed by atoms with van der Waals surface area (Å²) in [6, 6.07) is 7.07. The van der Waals surface area contributed by atoms with Gasteiger partial charge in [-0.1, -0.05) is 23.7 Å². The van der Waals surface area contributed by atoms with Crippen molar-refractivity contribution < 1.29 is 38.1 Å². The van der Waals surface area contributed by atoms with E-state index in [9.17, 15) is 14.4 Å². The Balaban J connectivity index is 1.61. The highest BCUT2D eigenvalue weighted by Crippen LogP contribution is 2.34. The van der Waals surface area contributed by atoms with Crippen LogP contribution in [0.25, 0.3) is 0 Å². The maximum atomic E-state index is 13.2. The first-order chi connectivity index (χ1) is 20.0. The Morgan fingerprint density at radius 1 is 1.17 bits per heavy atom. The summed E-state index contributed by atoms with van der Waals surface area (Å²) in [5.41, 5.74) is 0.260. The highest BCUT2D eigenvalue weighted by Gasteiger charge is 2.33. The van der Waals surface area contributed by atoms with Crippen LogP contribution in [-0.2, 0) is 23.7 Å². The molecule has 0 radical (unpaired) electrons. The molecule has 0 aliphatic carbocycles. The van der Waals surface area contributed by atoms with E-state index in [0.717, 1.165) is 37.9 Å². The summed E-state index contributed by atoms with van der Waals surface area (Å²) in [6.07, 6.45) is 2.36. The molecule has 2 aliphatic heterocycles. The van der Waals surface area contributed by atoms with Gasteiger partial charge >= 0.3 is 18.3 Å². The minimum absolute atomic E-state index is 0.0158. The van der Waals surface area contributed by atoms with Gasteiger partial charge < -0.3 is 39.2 Å². The number of nitrogens with zero attached hydrogens (tertiary/aromatic N) is 1. The van der Waals surface area contributed by atoms with Crippen molar-refractivity contribution in [2.45, 2.75) is 70.6 Å². The fourth-order valence-electron chi connectivity index (χ4n) is 5.32. The zero-order chi connectivity index (χ0) is 30.5. The predicted octanol–water partition coefficient (Wildman–Crippen LogP) is 5.31. The fourth-order valence-corrected chi connectivity index (χ4v) is 5.52. The molecular formula is C30H46ClN3O8. The molecule has 2 saturated heterocycles. The SMILES string of the molecule is COC(=O)NCCO[C@@H](c1cccc(Cl)c1)[C@@H]1CCCN(C(=O)OC[C@H](C[C@H]2CCCOC2)NC(=O)OC(C)(C)C)C1. The maximum Gasteiger partial charge on any atom is 0.409 e. The molecule has 2 aliphatic rings. The lowest BCUT2D eigenvalue weighted by molar-refractivity contribution is -0.0156. The summed E-state index contributed by atoms with van der Waals surface area (Å²) in [5.74, 6) is 0.249. The second-order valence-electron chi connectivity index (χ2n) is 11.9. The summed E-state index contributed by atoms with van der Waals surface area (Å²) in [7, 11) is 1.31. The Bertz CT molecular complexity index is 1010. The van der Waals surface area contributed by atoms with Gasteiger partial charge in [-0.3, -0.25) is 0 Å². The van der Waals surface area contributed by atoms with Gasteiger partial charge in [0, 0.05) is 43.8 Å². The molecule has 0 bridgehead atoms. The lowest BCUT2D eigenvalue weighted by Gasteiger charge is -2.37. The third-order valence-electron chi connectivity index (χ3n) is 7.18. The Labute approximate surface area is 253 Å². The Hall–Kier alpha value is -2.76. The van der Waals surface area contributed by atoms with E-state index in [1.54, 1.807) is 31.7 Å². The van der Waals surface area contributed by atoms with E-state index < -0.39 is 29.9 Å². The van der Waals surface area contributed by atoms with Crippen LogP contribution in [0, 0.1) is 11.8 Å². The summed E-state index contributed by atoms with van der Waals surface area (Å²) in [5, 5.41) is 6.10. The number of hydrogen-bond acceptors (Lipinski definition) is 8. The summed E-state index contributed by atoms with van der Waals surface area (Å²) in [4.78, 5) is 38.9. The summed E-state index contributed by atoms with van der Waals surface area (Å²) >= 11 is 6.28. The number of carbonyl (C=O) groups is 3. The molecule has 1 aromatic rings. The predicted molar refractivity (Wildman–Crippen MR) is 158 cm³/mol. The van der Waals surface area contributed by atoms with Crippen LogP contribution in [0.2, 0.25) is 5.02 Å². The smallest absolute Gasteiger partial charge is 0.409 e. The van der Waals surface area contributed by atoms with Gasteiger partial charge in [-0.05, 0) is 76.5 Å². The van der Waals surface area contributed by atoms with Gasteiger partial charge in [-0.15, -0.1) is 0 Å². The zero-order valence-electron chi connectivity index (χ0n) is 25.2. The van der Waals surface area contributed by atoms with E-state index in [2.05, 4.69) is 15.4 Å². The molecule has 0 unspecified atom stereocenters. The molecule has 0 saturated carbocycles. The number of ether oxygens (including phenoxy) is 5. The van der Waals surface area contributed by atoms with E-state index in [4.69, 9.17) is 30.5 Å². The van der Waals surface area contributed by atoms with E-state index >= 15 is 0 Å². The van der Waals surface area contributed by atoms with Crippen molar-refractivity contribution in [2.24, 2.45) is 11.8 Å². The van der Waals surface area contributed by atoms with Gasteiger partial charge in [-0.2, -0.15) is 0 Å². The number of hydrogen-bond donors (Lipinski definition) is 2. The molecule has 4 atom stereocenters. The van der Waals surface area contributed by atoms with Gasteiger partial charge in [0.15, 0.2) is 0 Å². The van der Waals surface area contributed by atoms with Crippen molar-refractivity contribution >= 4 is 29.9 Å². The molecule has 1 aromatic carbocycles. The first-order valence-electron chi connectivity index (χ1n) is 14.7. The van der Waals surface area contributed by atoms with Crippen LogP contribution in [0.4, 0.5) is 14.4 Å². The van der Waals surface area contributed by atoms with Gasteiger partial charge in [-0.25, -0.2) is 14.4 Å². The molecule has 11 nitrogen and oxygen atoms in total. The molecule has 42 heavy (non-hydrogen) atoms. The maximum absolute atomic E-state index is 13.2. The number of nitrogens with one attached hydrogen (secondary N) is 2. The first-order valence-corrected chi connectivity index (χ1v) is 15.1. The number of amides is 3. The van der Waals surface area contributed by atoms with Gasteiger partial charge in [0.1, 0.15) is 12.2 Å². The normalized spacial score (nSPS) is 20.6. The highest BCUT2D eigenvalue weighted by atomic mass is 35.5. The lowest BCUT2D eigenvalue weighted by Crippen LogP contribution is -2.46. The first kappa shape index (κ1) is 33.7. The van der Waals surface area contributed by atoms with Crippen molar-refractivity contribution in [1.29, 1.82) is 0 Å². The Morgan fingerprint density at radius 3 is 2.67 bits per heavy atom. The fraction of sp³-hybridized carbons (Fsp3) is 0.700. The van der Waals surface area contributed by atoms with Crippen molar-refractivity contribution in [3.63, 3.8) is 0 Å². The number of likely N-dealkylation sites (tertiary alicyclic amines) is 1. The second kappa shape index (κ2) is 16.8. The number of carbonyl (C=O) groups excluding carboxylic acids is 3. The second-order valence-corrected chi connectivity index (χ2v) is 12.3. The Morgan fingerprint density at radius 2 is 1.98 bits per heavy atom. The topological polar surface area (TPSA) is 125 Å². The standard InChI is InChI=1S/C30H46ClN3O8/c1-30(2,3)42-28(36)33-25(16-21-8-7-14-39-19-21)20-41-29(37)34-13-6-10-23(18-34)26(22-9-5-11-24(31)17-22)40-15-12-32-27(35)38-4/h5,9,11,17,21,23,25-26H,6-8,10,12-16,18-20H2,1-4H3,(H,32,35)(H,33,36)/t21-,23-,25+,26+/m1/s1. The van der Waals surface area contributed by atoms with Gasteiger partial charge in [0.25, 0.3) is 0 Å². The molecule has 236 valence electrons. The summed E-state index contributed by atoms with van der Waals surface area (Å²) < 4.78 is 27.7. The van der Waals surface area contributed by atoms with Gasteiger partial charge in [0.2, 0.25) is 0 Å². The van der Waals surface area contributed by atoms with E-state index in [1.807, 2.05) is 18.2 Å². The van der Waals surface area contributed by atoms with Crippen LogP contribution < -0.4 is 10.6 Å². The number of benzene rings is 1. The lowest BCUT2D eigenvalue weighted by atomic mass is 9.88. The molecule has 0 spiro atoms. The molecule has 3 amide bonds. The molecular weight excluding hydrogens is 566 g/mol. The van der Waals surface area contributed by atoms with Crippen molar-refractivity contribution in [2.75, 3.05) is 53.2 Å². The third-order valence-corrected chi connectivity index (χ3v) is 7.41.